The lowest BCUT2D eigenvalue weighted by atomic mass is 9.92. The summed E-state index contributed by atoms with van der Waals surface area (Å²) in [6, 6.07) is 6.35. The molecule has 0 aromatic heterocycles. The van der Waals surface area contributed by atoms with Gasteiger partial charge in [0.15, 0.2) is 0 Å². The Balaban J connectivity index is 2.02. The quantitative estimate of drug-likeness (QED) is 0.520. The molecule has 0 unspecified atom stereocenters. The van der Waals surface area contributed by atoms with Gasteiger partial charge in [0, 0.05) is 24.7 Å². The highest BCUT2D eigenvalue weighted by Crippen LogP contribution is 2.25. The molecule has 0 saturated heterocycles. The first-order valence-corrected chi connectivity index (χ1v) is 6.74. The number of hydrogen-bond acceptors (Lipinski definition) is 5. The fourth-order valence-electron chi connectivity index (χ4n) is 2.51. The van der Waals surface area contributed by atoms with E-state index in [4.69, 9.17) is 4.74 Å². The lowest BCUT2D eigenvalue weighted by Crippen LogP contribution is -2.39. The average Bonchev–Trinajstić information content (AvgIpc) is 2.41. The second kappa shape index (κ2) is 6.36. The van der Waals surface area contributed by atoms with Crippen molar-refractivity contribution in [3.63, 3.8) is 0 Å². The van der Waals surface area contributed by atoms with E-state index in [9.17, 15) is 14.9 Å². The number of carbonyl (C=O) groups excluding carboxylic acids is 1. The molecule has 1 fully saturated rings. The molecule has 20 heavy (non-hydrogen) atoms. The summed E-state index contributed by atoms with van der Waals surface area (Å²) in [5, 5.41) is 13.9. The van der Waals surface area contributed by atoms with E-state index in [0.29, 0.717) is 0 Å². The highest BCUT2D eigenvalue weighted by Gasteiger charge is 2.27. The van der Waals surface area contributed by atoms with Crippen molar-refractivity contribution in [3.05, 3.63) is 34.4 Å². The summed E-state index contributed by atoms with van der Waals surface area (Å²) in [4.78, 5) is 21.3. The van der Waals surface area contributed by atoms with E-state index in [2.05, 4.69) is 5.32 Å². The number of non-ortho nitro benzene ring substituents is 1. The van der Waals surface area contributed by atoms with Gasteiger partial charge in [0.25, 0.3) is 5.69 Å². The summed E-state index contributed by atoms with van der Waals surface area (Å²) in [7, 11) is 0. The van der Waals surface area contributed by atoms with Gasteiger partial charge in [-0.3, -0.25) is 14.9 Å². The first kappa shape index (κ1) is 14.3. The third-order valence-corrected chi connectivity index (χ3v) is 3.45. The summed E-state index contributed by atoms with van der Waals surface area (Å²) in [6.07, 6.45) is 3.79. The monoisotopic (exact) mass is 278 g/mol. The van der Waals surface area contributed by atoms with Gasteiger partial charge in [-0.25, -0.2) is 0 Å². The van der Waals surface area contributed by atoms with Crippen LogP contribution in [0.15, 0.2) is 24.3 Å². The van der Waals surface area contributed by atoms with Gasteiger partial charge in [0.2, 0.25) is 0 Å². The fourth-order valence-corrected chi connectivity index (χ4v) is 2.51. The van der Waals surface area contributed by atoms with E-state index >= 15 is 0 Å². The highest BCUT2D eigenvalue weighted by molar-refractivity contribution is 5.66. The molecule has 0 aliphatic heterocycles. The maximum Gasteiger partial charge on any atom is 0.302 e. The first-order chi connectivity index (χ1) is 9.56. The highest BCUT2D eigenvalue weighted by atomic mass is 16.6. The number of rotatable bonds is 4. The van der Waals surface area contributed by atoms with Crippen LogP contribution < -0.4 is 5.32 Å². The van der Waals surface area contributed by atoms with Crippen molar-refractivity contribution in [2.75, 3.05) is 5.32 Å². The van der Waals surface area contributed by atoms with Crippen LogP contribution in [-0.2, 0) is 9.53 Å². The Labute approximate surface area is 117 Å². The molecule has 0 bridgehead atoms. The second-order valence-corrected chi connectivity index (χ2v) is 4.99. The van der Waals surface area contributed by atoms with E-state index < -0.39 is 4.92 Å². The molecular formula is C14H18N2O4. The predicted molar refractivity (Wildman–Crippen MR) is 74.5 cm³/mol. The van der Waals surface area contributed by atoms with Crippen LogP contribution in [0.2, 0.25) is 0 Å². The minimum absolute atomic E-state index is 0.0640. The minimum atomic E-state index is -0.425. The van der Waals surface area contributed by atoms with E-state index in [1.165, 1.54) is 19.1 Å². The molecule has 2 atom stereocenters. The number of benzene rings is 1. The molecular weight excluding hydrogens is 260 g/mol. The lowest BCUT2D eigenvalue weighted by Gasteiger charge is -2.32. The van der Waals surface area contributed by atoms with Crippen molar-refractivity contribution in [2.24, 2.45) is 0 Å². The summed E-state index contributed by atoms with van der Waals surface area (Å²) in [6.45, 7) is 1.41. The van der Waals surface area contributed by atoms with Gasteiger partial charge in [0.1, 0.15) is 6.10 Å². The Morgan fingerprint density at radius 1 is 1.30 bits per heavy atom. The average molecular weight is 278 g/mol. The van der Waals surface area contributed by atoms with Gasteiger partial charge in [-0.15, -0.1) is 0 Å². The van der Waals surface area contributed by atoms with Gasteiger partial charge in [0.05, 0.1) is 11.0 Å². The molecule has 0 radical (unpaired) electrons. The number of hydrogen-bond donors (Lipinski definition) is 1. The van der Waals surface area contributed by atoms with Crippen LogP contribution in [0.1, 0.15) is 32.6 Å². The van der Waals surface area contributed by atoms with E-state index in [1.54, 1.807) is 12.1 Å². The van der Waals surface area contributed by atoms with Gasteiger partial charge in [-0.05, 0) is 31.4 Å². The van der Waals surface area contributed by atoms with Gasteiger partial charge in [-0.2, -0.15) is 0 Å². The van der Waals surface area contributed by atoms with Gasteiger partial charge >= 0.3 is 5.97 Å². The smallest absolute Gasteiger partial charge is 0.302 e. The Hall–Kier alpha value is -2.11. The van der Waals surface area contributed by atoms with Crippen LogP contribution in [0.3, 0.4) is 0 Å². The summed E-state index contributed by atoms with van der Waals surface area (Å²) in [5.74, 6) is -0.271. The van der Waals surface area contributed by atoms with Crippen LogP contribution in [0, 0.1) is 10.1 Å². The van der Waals surface area contributed by atoms with Crippen LogP contribution in [-0.4, -0.2) is 23.0 Å². The predicted octanol–water partition coefficient (Wildman–Crippen LogP) is 2.88. The molecule has 1 aromatic carbocycles. The fraction of sp³-hybridized carbons (Fsp3) is 0.500. The molecule has 0 spiro atoms. The molecule has 6 heteroatoms. The van der Waals surface area contributed by atoms with Crippen molar-refractivity contribution >= 4 is 17.3 Å². The van der Waals surface area contributed by atoms with Crippen LogP contribution >= 0.6 is 0 Å². The van der Waals surface area contributed by atoms with Crippen molar-refractivity contribution in [3.8, 4) is 0 Å². The van der Waals surface area contributed by atoms with Crippen molar-refractivity contribution in [2.45, 2.75) is 44.8 Å². The number of carbonyl (C=O) groups is 1. The van der Waals surface area contributed by atoms with E-state index in [-0.39, 0.29) is 23.8 Å². The minimum Gasteiger partial charge on any atom is -0.460 e. The Kier molecular flexibility index (Phi) is 4.55. The molecule has 108 valence electrons. The topological polar surface area (TPSA) is 81.5 Å². The van der Waals surface area contributed by atoms with Crippen LogP contribution in [0.5, 0.6) is 0 Å². The number of anilines is 1. The zero-order valence-electron chi connectivity index (χ0n) is 11.4. The maximum atomic E-state index is 11.1. The number of nitrogens with one attached hydrogen (secondary N) is 1. The number of nitro benzene ring substituents is 1. The largest absolute Gasteiger partial charge is 0.460 e. The third-order valence-electron chi connectivity index (χ3n) is 3.45. The van der Waals surface area contributed by atoms with Crippen LogP contribution in [0.25, 0.3) is 0 Å². The summed E-state index contributed by atoms with van der Waals surface area (Å²) >= 11 is 0. The normalized spacial score (nSPS) is 22.1. The lowest BCUT2D eigenvalue weighted by molar-refractivity contribution is -0.384. The second-order valence-electron chi connectivity index (χ2n) is 4.99. The van der Waals surface area contributed by atoms with E-state index in [1.807, 2.05) is 0 Å². The number of nitrogens with zero attached hydrogens (tertiary/aromatic N) is 1. The van der Waals surface area contributed by atoms with Gasteiger partial charge < -0.3 is 10.1 Å². The number of esters is 1. The SMILES string of the molecule is CC(=O)O[C@H]1CCCC[C@@H]1Nc1ccc([N+](=O)[O-])cc1. The molecule has 1 aliphatic rings. The summed E-state index contributed by atoms with van der Waals surface area (Å²) < 4.78 is 5.33. The zero-order chi connectivity index (χ0) is 14.5. The molecule has 1 saturated carbocycles. The van der Waals surface area contributed by atoms with Crippen LogP contribution in [0.4, 0.5) is 11.4 Å². The Bertz CT molecular complexity index is 486. The van der Waals surface area contributed by atoms with Gasteiger partial charge in [-0.1, -0.05) is 6.42 Å². The molecule has 1 aliphatic carbocycles. The molecule has 0 amide bonds. The molecule has 2 rings (SSSR count). The molecule has 1 aromatic rings. The van der Waals surface area contributed by atoms with Crippen molar-refractivity contribution < 1.29 is 14.5 Å². The number of nitro groups is 1. The Morgan fingerprint density at radius 2 is 1.95 bits per heavy atom. The molecule has 6 nitrogen and oxygen atoms in total. The molecule has 1 N–H and O–H groups in total. The van der Waals surface area contributed by atoms with Crippen molar-refractivity contribution in [1.29, 1.82) is 0 Å². The summed E-state index contributed by atoms with van der Waals surface area (Å²) in [5.41, 5.74) is 0.871. The number of ether oxygens (including phenoxy) is 1. The zero-order valence-corrected chi connectivity index (χ0v) is 11.4. The van der Waals surface area contributed by atoms with Crippen molar-refractivity contribution in [1.82, 2.24) is 0 Å². The standard InChI is InChI=1S/C14H18N2O4/c1-10(17)20-14-5-3-2-4-13(14)15-11-6-8-12(9-7-11)16(18)19/h6-9,13-15H,2-5H2,1H3/t13-,14-/m0/s1. The maximum absolute atomic E-state index is 11.1. The Morgan fingerprint density at radius 3 is 2.55 bits per heavy atom. The first-order valence-electron chi connectivity index (χ1n) is 6.74. The van der Waals surface area contributed by atoms with E-state index in [0.717, 1.165) is 31.4 Å². The third kappa shape index (κ3) is 3.69. The molecule has 0 heterocycles.